The van der Waals surface area contributed by atoms with Gasteiger partial charge < -0.3 is 4.98 Å². The van der Waals surface area contributed by atoms with Crippen molar-refractivity contribution in [1.82, 2.24) is 4.98 Å². The second-order valence-corrected chi connectivity index (χ2v) is 6.40. The smallest absolute Gasteiger partial charge is 0.0213 e. The Balaban J connectivity index is 3.49. The van der Waals surface area contributed by atoms with Crippen molar-refractivity contribution in [2.45, 2.75) is 79.1 Å². The highest BCUT2D eigenvalue weighted by atomic mass is 14.8. The summed E-state index contributed by atoms with van der Waals surface area (Å²) in [6, 6.07) is 0. The zero-order valence-electron chi connectivity index (χ0n) is 12.8. The number of nitrogens with one attached hydrogen (secondary N) is 1. The van der Waals surface area contributed by atoms with Crippen LogP contribution in [-0.4, -0.2) is 4.98 Å². The third kappa shape index (κ3) is 2.75. The summed E-state index contributed by atoms with van der Waals surface area (Å²) >= 11 is 0. The van der Waals surface area contributed by atoms with E-state index in [0.29, 0.717) is 23.7 Å². The molecule has 1 heterocycles. The van der Waals surface area contributed by atoms with Crippen LogP contribution < -0.4 is 0 Å². The van der Waals surface area contributed by atoms with Crippen molar-refractivity contribution in [1.29, 1.82) is 0 Å². The van der Waals surface area contributed by atoms with Crippen molar-refractivity contribution in [2.24, 2.45) is 0 Å². The van der Waals surface area contributed by atoms with E-state index < -0.39 is 0 Å². The summed E-state index contributed by atoms with van der Waals surface area (Å²) in [5, 5.41) is 0. The minimum Gasteiger partial charge on any atom is -0.361 e. The first-order valence-corrected chi connectivity index (χ1v) is 7.02. The SMILES string of the molecule is CC(C)c1[nH]c(C(C)C)c(C(C)C)c1C(C)C. The predicted molar refractivity (Wildman–Crippen MR) is 77.1 cm³/mol. The average Bonchev–Trinajstić information content (AvgIpc) is 2.56. The molecule has 0 aromatic carbocycles. The Hall–Kier alpha value is -0.720. The zero-order chi connectivity index (χ0) is 13.3. The molecule has 0 aliphatic heterocycles. The molecule has 1 aromatic heterocycles. The lowest BCUT2D eigenvalue weighted by Gasteiger charge is -2.16. The van der Waals surface area contributed by atoms with Gasteiger partial charge in [-0.1, -0.05) is 55.4 Å². The van der Waals surface area contributed by atoms with Crippen LogP contribution in [0.3, 0.4) is 0 Å². The lowest BCUT2D eigenvalue weighted by atomic mass is 9.87. The topological polar surface area (TPSA) is 15.8 Å². The molecule has 17 heavy (non-hydrogen) atoms. The van der Waals surface area contributed by atoms with Crippen LogP contribution in [0.2, 0.25) is 0 Å². The first kappa shape index (κ1) is 14.3. The first-order valence-electron chi connectivity index (χ1n) is 7.02. The fourth-order valence-corrected chi connectivity index (χ4v) is 2.72. The van der Waals surface area contributed by atoms with Gasteiger partial charge in [0.05, 0.1) is 0 Å². The van der Waals surface area contributed by atoms with E-state index in [-0.39, 0.29) is 0 Å². The second-order valence-electron chi connectivity index (χ2n) is 6.40. The fourth-order valence-electron chi connectivity index (χ4n) is 2.72. The van der Waals surface area contributed by atoms with Crippen molar-refractivity contribution in [3.05, 3.63) is 22.5 Å². The van der Waals surface area contributed by atoms with Gasteiger partial charge in [-0.15, -0.1) is 0 Å². The summed E-state index contributed by atoms with van der Waals surface area (Å²) in [5.74, 6) is 2.37. The molecule has 0 radical (unpaired) electrons. The highest BCUT2D eigenvalue weighted by Gasteiger charge is 2.24. The molecule has 0 amide bonds. The summed E-state index contributed by atoms with van der Waals surface area (Å²) in [4.78, 5) is 3.71. The molecular formula is C16H29N. The van der Waals surface area contributed by atoms with Gasteiger partial charge >= 0.3 is 0 Å². The van der Waals surface area contributed by atoms with Gasteiger partial charge in [0.15, 0.2) is 0 Å². The van der Waals surface area contributed by atoms with Crippen LogP contribution in [0.15, 0.2) is 0 Å². The van der Waals surface area contributed by atoms with Crippen LogP contribution in [0.1, 0.15) is 102 Å². The molecule has 0 spiro atoms. The van der Waals surface area contributed by atoms with Crippen LogP contribution >= 0.6 is 0 Å². The molecule has 1 nitrogen and oxygen atoms in total. The Bertz CT molecular complexity index is 333. The maximum atomic E-state index is 3.71. The van der Waals surface area contributed by atoms with E-state index in [2.05, 4.69) is 60.4 Å². The number of H-pyrrole nitrogens is 1. The summed E-state index contributed by atoms with van der Waals surface area (Å²) in [6.45, 7) is 18.4. The Morgan fingerprint density at radius 2 is 0.824 bits per heavy atom. The molecule has 0 aliphatic carbocycles. The monoisotopic (exact) mass is 235 g/mol. The fraction of sp³-hybridized carbons (Fsp3) is 0.750. The minimum atomic E-state index is 0.581. The molecule has 0 unspecified atom stereocenters. The van der Waals surface area contributed by atoms with Gasteiger partial charge in [-0.05, 0) is 34.8 Å². The van der Waals surface area contributed by atoms with E-state index in [9.17, 15) is 0 Å². The molecule has 0 atom stereocenters. The minimum absolute atomic E-state index is 0.581. The van der Waals surface area contributed by atoms with Crippen LogP contribution in [0, 0.1) is 0 Å². The van der Waals surface area contributed by atoms with E-state index in [1.54, 1.807) is 11.1 Å². The van der Waals surface area contributed by atoms with Crippen LogP contribution in [0.25, 0.3) is 0 Å². The molecule has 0 aliphatic rings. The van der Waals surface area contributed by atoms with Crippen LogP contribution in [0.4, 0.5) is 0 Å². The third-order valence-electron chi connectivity index (χ3n) is 3.45. The number of aromatic amines is 1. The Morgan fingerprint density at radius 1 is 0.529 bits per heavy atom. The average molecular weight is 235 g/mol. The standard InChI is InChI=1S/C16H29N/c1-9(2)13-14(10(3)4)16(12(7)8)17-15(13)11(5)6/h9-12,17H,1-8H3. The Labute approximate surface area is 107 Å². The summed E-state index contributed by atoms with van der Waals surface area (Å²) in [7, 11) is 0. The van der Waals surface area contributed by atoms with E-state index >= 15 is 0 Å². The molecule has 0 bridgehead atoms. The third-order valence-corrected chi connectivity index (χ3v) is 3.45. The molecular weight excluding hydrogens is 206 g/mol. The highest BCUT2D eigenvalue weighted by molar-refractivity contribution is 5.43. The molecule has 0 saturated carbocycles. The lowest BCUT2D eigenvalue weighted by Crippen LogP contribution is -2.01. The van der Waals surface area contributed by atoms with Gasteiger partial charge in [0, 0.05) is 11.4 Å². The summed E-state index contributed by atoms with van der Waals surface area (Å²) < 4.78 is 0. The molecule has 0 fully saturated rings. The quantitative estimate of drug-likeness (QED) is 0.708. The largest absolute Gasteiger partial charge is 0.361 e. The van der Waals surface area contributed by atoms with Crippen molar-refractivity contribution in [3.8, 4) is 0 Å². The summed E-state index contributed by atoms with van der Waals surface area (Å²) in [5.41, 5.74) is 6.04. The predicted octanol–water partition coefficient (Wildman–Crippen LogP) is 5.51. The summed E-state index contributed by atoms with van der Waals surface area (Å²) in [6.07, 6.45) is 0. The molecule has 98 valence electrons. The number of hydrogen-bond acceptors (Lipinski definition) is 0. The molecule has 1 rings (SSSR count). The van der Waals surface area contributed by atoms with Gasteiger partial charge in [-0.2, -0.15) is 0 Å². The van der Waals surface area contributed by atoms with Gasteiger partial charge in [0.1, 0.15) is 0 Å². The van der Waals surface area contributed by atoms with Crippen LogP contribution in [0.5, 0.6) is 0 Å². The first-order chi connectivity index (χ1) is 7.77. The van der Waals surface area contributed by atoms with Crippen molar-refractivity contribution < 1.29 is 0 Å². The molecule has 1 N–H and O–H groups in total. The number of rotatable bonds is 4. The molecule has 1 aromatic rings. The van der Waals surface area contributed by atoms with Crippen molar-refractivity contribution in [2.75, 3.05) is 0 Å². The van der Waals surface area contributed by atoms with Gasteiger partial charge in [0.25, 0.3) is 0 Å². The maximum absolute atomic E-state index is 3.71. The van der Waals surface area contributed by atoms with Crippen molar-refractivity contribution >= 4 is 0 Å². The Morgan fingerprint density at radius 3 is 1.00 bits per heavy atom. The van der Waals surface area contributed by atoms with E-state index in [1.807, 2.05) is 0 Å². The van der Waals surface area contributed by atoms with Crippen molar-refractivity contribution in [3.63, 3.8) is 0 Å². The van der Waals surface area contributed by atoms with E-state index in [4.69, 9.17) is 0 Å². The van der Waals surface area contributed by atoms with Gasteiger partial charge in [-0.25, -0.2) is 0 Å². The second kappa shape index (κ2) is 5.29. The molecule has 1 heteroatoms. The number of hydrogen-bond donors (Lipinski definition) is 1. The lowest BCUT2D eigenvalue weighted by molar-refractivity contribution is 0.749. The van der Waals surface area contributed by atoms with E-state index in [0.717, 1.165) is 0 Å². The van der Waals surface area contributed by atoms with Gasteiger partial charge in [-0.3, -0.25) is 0 Å². The zero-order valence-corrected chi connectivity index (χ0v) is 12.8. The maximum Gasteiger partial charge on any atom is 0.0213 e. The van der Waals surface area contributed by atoms with Gasteiger partial charge in [0.2, 0.25) is 0 Å². The molecule has 0 saturated heterocycles. The van der Waals surface area contributed by atoms with E-state index in [1.165, 1.54) is 11.4 Å². The highest BCUT2D eigenvalue weighted by Crippen LogP contribution is 2.38. The van der Waals surface area contributed by atoms with Crippen LogP contribution in [-0.2, 0) is 0 Å². The Kier molecular flexibility index (Phi) is 4.46. The number of aromatic nitrogens is 1. The normalized spacial score (nSPS) is 12.5.